The average Bonchev–Trinajstić information content (AvgIpc) is 2.59. The fourth-order valence-corrected chi connectivity index (χ4v) is 4.72. The molecule has 0 bridgehead atoms. The maximum Gasteiger partial charge on any atom is 0.252 e. The summed E-state index contributed by atoms with van der Waals surface area (Å²) in [6.45, 7) is 4.01. The van der Waals surface area contributed by atoms with Crippen LogP contribution in [0.3, 0.4) is 0 Å². The van der Waals surface area contributed by atoms with E-state index < -0.39 is 21.3 Å². The topological polar surface area (TPSA) is 66.5 Å². The van der Waals surface area contributed by atoms with Crippen LogP contribution in [0.1, 0.15) is 29.8 Å². The Morgan fingerprint density at radius 3 is 2.14 bits per heavy atom. The van der Waals surface area contributed by atoms with Crippen molar-refractivity contribution in [1.82, 2.24) is 9.62 Å². The summed E-state index contributed by atoms with van der Waals surface area (Å²) in [6.07, 6.45) is 0. The zero-order valence-electron chi connectivity index (χ0n) is 15.9. The van der Waals surface area contributed by atoms with Gasteiger partial charge in [-0.1, -0.05) is 54.7 Å². The van der Waals surface area contributed by atoms with Crippen LogP contribution in [-0.4, -0.2) is 39.3 Å². The van der Waals surface area contributed by atoms with E-state index in [1.54, 1.807) is 18.2 Å². The van der Waals surface area contributed by atoms with Crippen molar-refractivity contribution in [3.05, 3.63) is 62.6 Å². The van der Waals surface area contributed by atoms with Crippen molar-refractivity contribution in [1.29, 1.82) is 0 Å². The Labute approximate surface area is 180 Å². The van der Waals surface area contributed by atoms with Gasteiger partial charge >= 0.3 is 0 Å². The summed E-state index contributed by atoms with van der Waals surface area (Å²) in [7, 11) is -0.855. The number of hydrogen-bond donors (Lipinski definition) is 1. The van der Waals surface area contributed by atoms with Crippen LogP contribution in [0, 0.1) is 0 Å². The van der Waals surface area contributed by atoms with Gasteiger partial charge in [-0.3, -0.25) is 4.79 Å². The van der Waals surface area contributed by atoms with E-state index in [4.69, 9.17) is 34.8 Å². The molecule has 0 radical (unpaired) electrons. The van der Waals surface area contributed by atoms with Gasteiger partial charge in [-0.15, -0.1) is 0 Å². The van der Waals surface area contributed by atoms with Gasteiger partial charge < -0.3 is 5.32 Å². The normalized spacial score (nSPS) is 12.3. The van der Waals surface area contributed by atoms with Gasteiger partial charge in [0.1, 0.15) is 0 Å². The molecule has 0 atom stereocenters. The van der Waals surface area contributed by atoms with Crippen molar-refractivity contribution in [3.63, 3.8) is 0 Å². The summed E-state index contributed by atoms with van der Waals surface area (Å²) in [6, 6.07) is 9.24. The number of carbonyl (C=O) groups is 1. The lowest BCUT2D eigenvalue weighted by molar-refractivity contribution is 0.0945. The molecule has 2 aromatic rings. The van der Waals surface area contributed by atoms with Crippen LogP contribution in [-0.2, 0) is 15.4 Å². The molecule has 5 nitrogen and oxygen atoms in total. The molecule has 0 aliphatic heterocycles. The van der Waals surface area contributed by atoms with E-state index in [2.05, 4.69) is 5.32 Å². The van der Waals surface area contributed by atoms with E-state index in [1.807, 2.05) is 13.8 Å². The second-order valence-electron chi connectivity index (χ2n) is 7.09. The van der Waals surface area contributed by atoms with Crippen LogP contribution in [0.2, 0.25) is 15.1 Å². The number of carbonyl (C=O) groups excluding carboxylic acids is 1. The Morgan fingerprint density at radius 1 is 1.04 bits per heavy atom. The third kappa shape index (κ3) is 4.81. The average molecular weight is 464 g/mol. The number of rotatable bonds is 6. The summed E-state index contributed by atoms with van der Waals surface area (Å²) in [5, 5.41) is 3.96. The van der Waals surface area contributed by atoms with E-state index in [0.717, 1.165) is 4.31 Å². The molecule has 0 unspecified atom stereocenters. The summed E-state index contributed by atoms with van der Waals surface area (Å²) < 4.78 is 25.7. The predicted molar refractivity (Wildman–Crippen MR) is 114 cm³/mol. The monoisotopic (exact) mass is 462 g/mol. The minimum atomic E-state index is -3.69. The lowest BCUT2D eigenvalue weighted by atomic mass is 9.84. The molecule has 2 rings (SSSR count). The molecule has 28 heavy (non-hydrogen) atoms. The minimum absolute atomic E-state index is 0.0135. The number of benzene rings is 2. The van der Waals surface area contributed by atoms with E-state index in [-0.39, 0.29) is 22.0 Å². The van der Waals surface area contributed by atoms with Gasteiger partial charge in [0.15, 0.2) is 0 Å². The minimum Gasteiger partial charge on any atom is -0.351 e. The highest BCUT2D eigenvalue weighted by Gasteiger charge is 2.27. The summed E-state index contributed by atoms with van der Waals surface area (Å²) in [4.78, 5) is 12.7. The van der Waals surface area contributed by atoms with Crippen LogP contribution in [0.5, 0.6) is 0 Å². The van der Waals surface area contributed by atoms with Crippen LogP contribution >= 0.6 is 34.8 Å². The molecule has 2 aromatic carbocycles. The van der Waals surface area contributed by atoms with Gasteiger partial charge in [0.25, 0.3) is 5.91 Å². The van der Waals surface area contributed by atoms with Gasteiger partial charge in [-0.25, -0.2) is 12.7 Å². The van der Waals surface area contributed by atoms with Crippen molar-refractivity contribution >= 4 is 50.7 Å². The predicted octanol–water partition coefficient (Wildman–Crippen LogP) is 4.60. The summed E-state index contributed by atoms with van der Waals surface area (Å²) >= 11 is 18.7. The summed E-state index contributed by atoms with van der Waals surface area (Å²) in [5.74, 6) is -0.489. The second-order valence-corrected chi connectivity index (χ2v) is 10.5. The van der Waals surface area contributed by atoms with Gasteiger partial charge in [-0.2, -0.15) is 0 Å². The molecule has 0 spiro atoms. The number of hydrogen-bond acceptors (Lipinski definition) is 3. The lowest BCUT2D eigenvalue weighted by Crippen LogP contribution is -2.37. The quantitative estimate of drug-likeness (QED) is 0.680. The Hall–Kier alpha value is -1.31. The van der Waals surface area contributed by atoms with Crippen molar-refractivity contribution < 1.29 is 13.2 Å². The molecular weight excluding hydrogens is 443 g/mol. The maximum atomic E-state index is 12.7. The Morgan fingerprint density at radius 2 is 1.61 bits per heavy atom. The largest absolute Gasteiger partial charge is 0.351 e. The zero-order valence-corrected chi connectivity index (χ0v) is 19.0. The molecule has 9 heteroatoms. The summed E-state index contributed by atoms with van der Waals surface area (Å²) in [5.41, 5.74) is 0.226. The van der Waals surface area contributed by atoms with E-state index in [1.165, 1.54) is 32.3 Å². The van der Waals surface area contributed by atoms with E-state index in [0.29, 0.717) is 15.6 Å². The number of amides is 1. The van der Waals surface area contributed by atoms with Crippen molar-refractivity contribution in [2.45, 2.75) is 24.2 Å². The van der Waals surface area contributed by atoms with Gasteiger partial charge in [0, 0.05) is 36.1 Å². The van der Waals surface area contributed by atoms with Crippen molar-refractivity contribution in [2.24, 2.45) is 0 Å². The molecule has 152 valence electrons. The van der Waals surface area contributed by atoms with Crippen molar-refractivity contribution in [3.8, 4) is 0 Å². The van der Waals surface area contributed by atoms with Crippen LogP contribution in [0.4, 0.5) is 0 Å². The molecule has 1 amide bonds. The smallest absolute Gasteiger partial charge is 0.252 e. The van der Waals surface area contributed by atoms with Crippen molar-refractivity contribution in [2.75, 3.05) is 20.6 Å². The highest BCUT2D eigenvalue weighted by molar-refractivity contribution is 7.89. The van der Waals surface area contributed by atoms with Crippen LogP contribution in [0.25, 0.3) is 0 Å². The molecule has 0 aliphatic rings. The Bertz CT molecular complexity index is 985. The first kappa shape index (κ1) is 23.0. The third-order valence-corrected chi connectivity index (χ3v) is 7.06. The number of halogens is 3. The molecule has 0 aromatic heterocycles. The van der Waals surface area contributed by atoms with Gasteiger partial charge in [-0.05, 0) is 35.9 Å². The first-order valence-corrected chi connectivity index (χ1v) is 10.9. The van der Waals surface area contributed by atoms with E-state index in [9.17, 15) is 13.2 Å². The van der Waals surface area contributed by atoms with Gasteiger partial charge in [0.05, 0.1) is 15.5 Å². The molecule has 1 N–H and O–H groups in total. The van der Waals surface area contributed by atoms with Crippen LogP contribution < -0.4 is 5.32 Å². The molecule has 0 heterocycles. The van der Waals surface area contributed by atoms with E-state index >= 15 is 0 Å². The molecule has 0 fully saturated rings. The first-order valence-electron chi connectivity index (χ1n) is 8.32. The standard InChI is InChI=1S/C19H21Cl3N2O3S/c1-19(2,17-15(21)6-5-7-16(17)22)11-23-18(25)13-10-12(8-9-14(13)20)28(26,27)24(3)4/h5-10H,11H2,1-4H3,(H,23,25). The second kappa shape index (κ2) is 8.59. The van der Waals surface area contributed by atoms with Crippen LogP contribution in [0.15, 0.2) is 41.3 Å². The lowest BCUT2D eigenvalue weighted by Gasteiger charge is -2.28. The highest BCUT2D eigenvalue weighted by Crippen LogP contribution is 2.35. The third-order valence-electron chi connectivity index (χ3n) is 4.29. The number of sulfonamides is 1. The maximum absolute atomic E-state index is 12.7. The number of nitrogens with one attached hydrogen (secondary N) is 1. The fourth-order valence-electron chi connectivity index (χ4n) is 2.68. The molecule has 0 saturated heterocycles. The Balaban J connectivity index is 2.28. The first-order chi connectivity index (χ1) is 12.9. The SMILES string of the molecule is CN(C)S(=O)(=O)c1ccc(Cl)c(C(=O)NCC(C)(C)c2c(Cl)cccc2Cl)c1. The Kier molecular flexibility index (Phi) is 7.05. The molecule has 0 aliphatic carbocycles. The number of nitrogens with zero attached hydrogens (tertiary/aromatic N) is 1. The highest BCUT2D eigenvalue weighted by atomic mass is 35.5. The molecular formula is C19H21Cl3N2O3S. The zero-order chi connectivity index (χ0) is 21.3. The fraction of sp³-hybridized carbons (Fsp3) is 0.316. The van der Waals surface area contributed by atoms with Gasteiger partial charge in [0.2, 0.25) is 10.0 Å². The molecule has 0 saturated carbocycles.